The third-order valence-electron chi connectivity index (χ3n) is 1.78. The van der Waals surface area contributed by atoms with E-state index >= 15 is 0 Å². The Morgan fingerprint density at radius 2 is 2.29 bits per heavy atom. The lowest BCUT2D eigenvalue weighted by Gasteiger charge is -2.01. The maximum absolute atomic E-state index is 10.9. The fourth-order valence-corrected chi connectivity index (χ4v) is 1.23. The van der Waals surface area contributed by atoms with Crippen molar-refractivity contribution in [2.75, 3.05) is 0 Å². The third-order valence-corrected chi connectivity index (χ3v) is 1.78. The van der Waals surface area contributed by atoms with Crippen molar-refractivity contribution < 1.29 is 9.90 Å². The van der Waals surface area contributed by atoms with Gasteiger partial charge >= 0.3 is 5.97 Å². The van der Waals surface area contributed by atoms with Crippen molar-refractivity contribution in [3.63, 3.8) is 0 Å². The fraction of sp³-hybridized carbons (Fsp3) is 0.200. The van der Waals surface area contributed by atoms with E-state index in [9.17, 15) is 4.79 Å². The van der Waals surface area contributed by atoms with Crippen LogP contribution in [0.2, 0.25) is 0 Å². The number of hydrogen-bond acceptors (Lipinski definition) is 2. The average Bonchev–Trinajstić information content (AvgIpc) is 2.49. The second kappa shape index (κ2) is 4.41. The minimum Gasteiger partial charge on any atom is -0.477 e. The van der Waals surface area contributed by atoms with Gasteiger partial charge in [0.2, 0.25) is 0 Å². The van der Waals surface area contributed by atoms with Gasteiger partial charge in [0, 0.05) is 13.0 Å². The van der Waals surface area contributed by atoms with Crippen LogP contribution in [0.15, 0.2) is 31.6 Å². The van der Waals surface area contributed by atoms with Crippen molar-refractivity contribution in [2.45, 2.75) is 13.0 Å². The van der Waals surface area contributed by atoms with E-state index in [4.69, 9.17) is 5.11 Å². The van der Waals surface area contributed by atoms with E-state index in [2.05, 4.69) is 18.1 Å². The Hall–Kier alpha value is -1.84. The summed E-state index contributed by atoms with van der Waals surface area (Å²) in [7, 11) is 0. The highest BCUT2D eigenvalue weighted by molar-refractivity contribution is 5.87. The summed E-state index contributed by atoms with van der Waals surface area (Å²) >= 11 is 0. The molecule has 4 nitrogen and oxygen atoms in total. The Morgan fingerprint density at radius 3 is 2.79 bits per heavy atom. The normalized spacial score (nSPS) is 9.71. The third kappa shape index (κ3) is 1.90. The Bertz CT molecular complexity index is 339. The molecule has 14 heavy (non-hydrogen) atoms. The zero-order valence-electron chi connectivity index (χ0n) is 7.81. The maximum atomic E-state index is 10.9. The fourth-order valence-electron chi connectivity index (χ4n) is 1.23. The second-order valence-corrected chi connectivity index (χ2v) is 2.78. The molecule has 0 spiro atoms. The molecule has 0 fully saturated rings. The van der Waals surface area contributed by atoms with Crippen molar-refractivity contribution in [3.8, 4) is 0 Å². The minimum atomic E-state index is -0.971. The molecule has 0 aromatic carbocycles. The van der Waals surface area contributed by atoms with Gasteiger partial charge in [-0.1, -0.05) is 12.2 Å². The molecule has 1 N–H and O–H groups in total. The summed E-state index contributed by atoms with van der Waals surface area (Å²) in [6.07, 6.45) is 5.23. The first-order chi connectivity index (χ1) is 6.70. The molecular formula is C10H12N2O2. The minimum absolute atomic E-state index is 0.213. The molecule has 0 radical (unpaired) electrons. The molecule has 1 aromatic heterocycles. The topological polar surface area (TPSA) is 55.1 Å². The van der Waals surface area contributed by atoms with E-state index in [1.807, 2.05) is 0 Å². The Morgan fingerprint density at radius 1 is 1.57 bits per heavy atom. The summed E-state index contributed by atoms with van der Waals surface area (Å²) in [6.45, 7) is 7.55. The van der Waals surface area contributed by atoms with Gasteiger partial charge in [0.1, 0.15) is 0 Å². The van der Waals surface area contributed by atoms with E-state index in [-0.39, 0.29) is 5.69 Å². The van der Waals surface area contributed by atoms with E-state index in [1.54, 1.807) is 16.7 Å². The molecule has 1 heterocycles. The molecule has 0 atom stereocenters. The number of carboxylic acid groups (broad SMARTS) is 1. The molecule has 0 aliphatic rings. The SMILES string of the molecule is C=CCc1ncn(CC=C)c1C(=O)O. The molecule has 4 heteroatoms. The van der Waals surface area contributed by atoms with Crippen molar-refractivity contribution in [1.29, 1.82) is 0 Å². The smallest absolute Gasteiger partial charge is 0.354 e. The van der Waals surface area contributed by atoms with Crippen LogP contribution in [0.4, 0.5) is 0 Å². The number of allylic oxidation sites excluding steroid dienone is 2. The predicted molar refractivity (Wildman–Crippen MR) is 53.3 cm³/mol. The van der Waals surface area contributed by atoms with Gasteiger partial charge in [-0.2, -0.15) is 0 Å². The lowest BCUT2D eigenvalue weighted by atomic mass is 10.2. The van der Waals surface area contributed by atoms with Crippen LogP contribution in [0.25, 0.3) is 0 Å². The number of aromatic carboxylic acids is 1. The van der Waals surface area contributed by atoms with Gasteiger partial charge in [-0.3, -0.25) is 0 Å². The lowest BCUT2D eigenvalue weighted by Crippen LogP contribution is -2.09. The zero-order valence-corrected chi connectivity index (χ0v) is 7.81. The molecule has 0 saturated heterocycles. The summed E-state index contributed by atoms with van der Waals surface area (Å²) in [5.74, 6) is -0.971. The molecule has 1 rings (SSSR count). The summed E-state index contributed by atoms with van der Waals surface area (Å²) in [5, 5.41) is 8.96. The quantitative estimate of drug-likeness (QED) is 0.719. The lowest BCUT2D eigenvalue weighted by molar-refractivity contribution is 0.0684. The van der Waals surface area contributed by atoms with Crippen LogP contribution in [0, 0.1) is 0 Å². The predicted octanol–water partition coefficient (Wildman–Crippen LogP) is 1.50. The number of rotatable bonds is 5. The average molecular weight is 192 g/mol. The number of imidazole rings is 1. The van der Waals surface area contributed by atoms with Crippen LogP contribution in [0.1, 0.15) is 16.2 Å². The summed E-state index contributed by atoms with van der Waals surface area (Å²) in [4.78, 5) is 14.9. The molecule has 0 aliphatic heterocycles. The van der Waals surface area contributed by atoms with Crippen LogP contribution in [0.3, 0.4) is 0 Å². The van der Waals surface area contributed by atoms with E-state index < -0.39 is 5.97 Å². The van der Waals surface area contributed by atoms with Crippen LogP contribution in [-0.4, -0.2) is 20.6 Å². The van der Waals surface area contributed by atoms with Gasteiger partial charge in [-0.05, 0) is 0 Å². The van der Waals surface area contributed by atoms with E-state index in [0.29, 0.717) is 18.7 Å². The second-order valence-electron chi connectivity index (χ2n) is 2.78. The van der Waals surface area contributed by atoms with E-state index in [0.717, 1.165) is 0 Å². The number of carboxylic acids is 1. The summed E-state index contributed by atoms with van der Waals surface area (Å²) in [5.41, 5.74) is 0.749. The molecule has 0 aliphatic carbocycles. The molecule has 74 valence electrons. The largest absolute Gasteiger partial charge is 0.477 e. The molecule has 1 aromatic rings. The Kier molecular flexibility index (Phi) is 3.23. The Labute approximate surface area is 82.2 Å². The first-order valence-corrected chi connectivity index (χ1v) is 4.19. The van der Waals surface area contributed by atoms with Crippen LogP contribution >= 0.6 is 0 Å². The van der Waals surface area contributed by atoms with Gasteiger partial charge in [0.25, 0.3) is 0 Å². The van der Waals surface area contributed by atoms with Crippen molar-refractivity contribution >= 4 is 5.97 Å². The maximum Gasteiger partial charge on any atom is 0.354 e. The monoisotopic (exact) mass is 192 g/mol. The molecular weight excluding hydrogens is 180 g/mol. The number of carbonyl (C=O) groups is 1. The summed E-state index contributed by atoms with van der Waals surface area (Å²) in [6, 6.07) is 0. The van der Waals surface area contributed by atoms with Crippen LogP contribution in [0.5, 0.6) is 0 Å². The number of nitrogens with zero attached hydrogens (tertiary/aromatic N) is 2. The van der Waals surface area contributed by atoms with Gasteiger partial charge in [0.05, 0.1) is 12.0 Å². The molecule has 0 bridgehead atoms. The van der Waals surface area contributed by atoms with Crippen LogP contribution in [-0.2, 0) is 13.0 Å². The number of aromatic nitrogens is 2. The molecule has 0 amide bonds. The van der Waals surface area contributed by atoms with Crippen molar-refractivity contribution in [2.24, 2.45) is 0 Å². The summed E-state index contributed by atoms with van der Waals surface area (Å²) < 4.78 is 1.55. The molecule has 0 saturated carbocycles. The highest BCUT2D eigenvalue weighted by Gasteiger charge is 2.15. The van der Waals surface area contributed by atoms with Gasteiger partial charge in [0.15, 0.2) is 5.69 Å². The van der Waals surface area contributed by atoms with Gasteiger partial charge in [-0.25, -0.2) is 9.78 Å². The molecule has 0 unspecified atom stereocenters. The van der Waals surface area contributed by atoms with E-state index in [1.165, 1.54) is 6.33 Å². The standard InChI is InChI=1S/C10H12N2O2/c1-3-5-8-9(10(13)14)12(6-4-2)7-11-8/h3-4,7H,1-2,5-6H2,(H,13,14). The first-order valence-electron chi connectivity index (χ1n) is 4.19. The zero-order chi connectivity index (χ0) is 10.6. The van der Waals surface area contributed by atoms with Gasteiger partial charge < -0.3 is 9.67 Å². The Balaban J connectivity index is 3.12. The van der Waals surface area contributed by atoms with Crippen molar-refractivity contribution in [1.82, 2.24) is 9.55 Å². The highest BCUT2D eigenvalue weighted by Crippen LogP contribution is 2.09. The van der Waals surface area contributed by atoms with Crippen LogP contribution < -0.4 is 0 Å². The van der Waals surface area contributed by atoms with Gasteiger partial charge in [-0.15, -0.1) is 13.2 Å². The highest BCUT2D eigenvalue weighted by atomic mass is 16.4. The van der Waals surface area contributed by atoms with Crippen molar-refractivity contribution in [3.05, 3.63) is 43.0 Å². The number of hydrogen-bond donors (Lipinski definition) is 1. The first kappa shape index (κ1) is 10.2.